The van der Waals surface area contributed by atoms with E-state index in [1.54, 1.807) is 18.3 Å². The van der Waals surface area contributed by atoms with Crippen molar-refractivity contribution in [1.29, 1.82) is 5.41 Å². The summed E-state index contributed by atoms with van der Waals surface area (Å²) in [5.41, 5.74) is 3.54. The molecule has 1 unspecified atom stereocenters. The van der Waals surface area contributed by atoms with Gasteiger partial charge in [0.25, 0.3) is 0 Å². The molecule has 1 saturated heterocycles. The zero-order valence-electron chi connectivity index (χ0n) is 12.5. The molecule has 0 radical (unpaired) electrons. The summed E-state index contributed by atoms with van der Waals surface area (Å²) in [6.07, 6.45) is 1.74. The van der Waals surface area contributed by atoms with Gasteiger partial charge in [-0.2, -0.15) is 0 Å². The maximum absolute atomic E-state index is 11.5. The number of benzene rings is 2. The minimum absolute atomic E-state index is 0.0152. The monoisotopic (exact) mass is 326 g/mol. The molecule has 0 aliphatic carbocycles. The highest BCUT2D eigenvalue weighted by Crippen LogP contribution is 2.32. The Hall–Kier alpha value is -2.46. The van der Waals surface area contributed by atoms with Gasteiger partial charge in [0, 0.05) is 11.2 Å². The van der Waals surface area contributed by atoms with E-state index in [1.165, 1.54) is 0 Å². The van der Waals surface area contributed by atoms with Gasteiger partial charge in [-0.25, -0.2) is 4.79 Å². The molecule has 1 heterocycles. The first-order valence-corrected chi connectivity index (χ1v) is 7.58. The second-order valence-corrected chi connectivity index (χ2v) is 5.87. The molecule has 2 aromatic carbocycles. The summed E-state index contributed by atoms with van der Waals surface area (Å²) in [5, 5.41) is 8.57. The summed E-state index contributed by atoms with van der Waals surface area (Å²) in [6.45, 7) is 2.17. The molecule has 0 spiro atoms. The number of halogens is 1. The zero-order chi connectivity index (χ0) is 16.4. The minimum atomic E-state index is -0.552. The number of nitrogens with one attached hydrogen (secondary N) is 1. The van der Waals surface area contributed by atoms with Crippen molar-refractivity contribution in [2.45, 2.75) is 12.8 Å². The van der Waals surface area contributed by atoms with Crippen LogP contribution >= 0.6 is 11.6 Å². The smallest absolute Gasteiger partial charge is 0.352 e. The van der Waals surface area contributed by atoms with Crippen LogP contribution in [0.5, 0.6) is 0 Å². The number of cyclic esters (lactones) is 1. The van der Waals surface area contributed by atoms with Crippen molar-refractivity contribution in [3.8, 4) is 0 Å². The van der Waals surface area contributed by atoms with Gasteiger partial charge in [-0.05, 0) is 36.2 Å². The maximum atomic E-state index is 11.5. The normalized spacial score (nSPS) is 17.7. The Bertz CT molecular complexity index is 797. The van der Waals surface area contributed by atoms with Crippen molar-refractivity contribution < 1.29 is 9.53 Å². The van der Waals surface area contributed by atoms with E-state index in [-0.39, 0.29) is 18.2 Å². The molecule has 1 N–H and O–H groups in total. The fourth-order valence-corrected chi connectivity index (χ4v) is 2.60. The van der Waals surface area contributed by atoms with Crippen LogP contribution in [-0.2, 0) is 9.53 Å². The Labute approximate surface area is 139 Å². The molecule has 0 amide bonds. The molecule has 3 rings (SSSR count). The third kappa shape index (κ3) is 3.32. The number of ether oxygens (including phenoxy) is 1. The molecule has 1 aliphatic rings. The highest BCUT2D eigenvalue weighted by molar-refractivity contribution is 6.39. The molecule has 4 nitrogen and oxygen atoms in total. The van der Waals surface area contributed by atoms with Crippen LogP contribution in [0.1, 0.15) is 22.6 Å². The summed E-state index contributed by atoms with van der Waals surface area (Å²) in [5.74, 6) is -0.913. The van der Waals surface area contributed by atoms with E-state index in [4.69, 9.17) is 21.7 Å². The molecule has 1 fully saturated rings. The van der Waals surface area contributed by atoms with E-state index in [0.717, 1.165) is 22.4 Å². The molecule has 23 heavy (non-hydrogen) atoms. The first-order chi connectivity index (χ1) is 11.0. The average molecular weight is 327 g/mol. The van der Waals surface area contributed by atoms with E-state index in [0.29, 0.717) is 5.02 Å². The van der Waals surface area contributed by atoms with Crippen LogP contribution in [0.15, 0.2) is 47.5 Å². The van der Waals surface area contributed by atoms with Crippen molar-refractivity contribution in [2.75, 3.05) is 6.61 Å². The Morgan fingerprint density at radius 3 is 2.65 bits per heavy atom. The predicted molar refractivity (Wildman–Crippen MR) is 91.3 cm³/mol. The molecule has 2 aromatic rings. The van der Waals surface area contributed by atoms with Crippen LogP contribution in [0.4, 0.5) is 5.69 Å². The standard InChI is InChI=1S/C18H15ClN2O2/c1-11-2-7-16(21-9-12-3-5-13(19)6-4-12)14(8-11)15-10-23-18(22)17(15)20/h2-9,15,20H,10H2,1H3/b20-17?,21-9+. The molecule has 0 bridgehead atoms. The lowest BCUT2D eigenvalue weighted by molar-refractivity contribution is -0.132. The van der Waals surface area contributed by atoms with Crippen LogP contribution in [-0.4, -0.2) is 24.5 Å². The van der Waals surface area contributed by atoms with Gasteiger partial charge in [-0.1, -0.05) is 41.4 Å². The van der Waals surface area contributed by atoms with Gasteiger partial charge in [0.1, 0.15) is 12.3 Å². The van der Waals surface area contributed by atoms with Crippen molar-refractivity contribution in [1.82, 2.24) is 0 Å². The Morgan fingerprint density at radius 1 is 1.26 bits per heavy atom. The summed E-state index contributed by atoms with van der Waals surface area (Å²) in [7, 11) is 0. The molecule has 116 valence electrons. The molecule has 0 aromatic heterocycles. The van der Waals surface area contributed by atoms with Crippen molar-refractivity contribution in [3.63, 3.8) is 0 Å². The largest absolute Gasteiger partial charge is 0.460 e. The average Bonchev–Trinajstić information content (AvgIpc) is 2.87. The van der Waals surface area contributed by atoms with Crippen molar-refractivity contribution in [2.24, 2.45) is 4.99 Å². The molecule has 1 aliphatic heterocycles. The van der Waals surface area contributed by atoms with Gasteiger partial charge in [0.2, 0.25) is 0 Å². The van der Waals surface area contributed by atoms with E-state index < -0.39 is 5.97 Å². The third-order valence-electron chi connectivity index (χ3n) is 3.73. The molecule has 0 saturated carbocycles. The molecule has 1 atom stereocenters. The predicted octanol–water partition coefficient (Wildman–Crippen LogP) is 4.06. The number of hydrogen-bond acceptors (Lipinski definition) is 4. The van der Waals surface area contributed by atoms with E-state index in [2.05, 4.69) is 4.99 Å². The topological polar surface area (TPSA) is 62.5 Å². The quantitative estimate of drug-likeness (QED) is 0.683. The van der Waals surface area contributed by atoms with Crippen LogP contribution < -0.4 is 0 Å². The Kier molecular flexibility index (Phi) is 4.26. The van der Waals surface area contributed by atoms with Gasteiger partial charge < -0.3 is 4.74 Å². The Balaban J connectivity index is 1.94. The van der Waals surface area contributed by atoms with E-state index in [1.807, 2.05) is 37.3 Å². The number of rotatable bonds is 3. The summed E-state index contributed by atoms with van der Waals surface area (Å²) in [6, 6.07) is 13.2. The lowest BCUT2D eigenvalue weighted by Crippen LogP contribution is -2.12. The highest BCUT2D eigenvalue weighted by Gasteiger charge is 2.33. The number of carbonyl (C=O) groups is 1. The summed E-state index contributed by atoms with van der Waals surface area (Å²) in [4.78, 5) is 16.0. The first-order valence-electron chi connectivity index (χ1n) is 7.20. The van der Waals surface area contributed by atoms with Crippen molar-refractivity contribution >= 4 is 35.2 Å². The zero-order valence-corrected chi connectivity index (χ0v) is 13.3. The second kappa shape index (κ2) is 6.34. The molecule has 5 heteroatoms. The van der Waals surface area contributed by atoms with Crippen LogP contribution in [0.3, 0.4) is 0 Å². The maximum Gasteiger partial charge on any atom is 0.352 e. The van der Waals surface area contributed by atoms with E-state index in [9.17, 15) is 4.79 Å². The number of carbonyl (C=O) groups excluding carboxylic acids is 1. The van der Waals surface area contributed by atoms with Gasteiger partial charge in [0.15, 0.2) is 0 Å². The summed E-state index contributed by atoms with van der Waals surface area (Å²) >= 11 is 5.87. The SMILES string of the molecule is Cc1ccc(/N=C/c2ccc(Cl)cc2)c(C2COC(=O)C2=N)c1. The van der Waals surface area contributed by atoms with Crippen LogP contribution in [0, 0.1) is 12.3 Å². The lowest BCUT2D eigenvalue weighted by atomic mass is 9.93. The third-order valence-corrected chi connectivity index (χ3v) is 3.98. The lowest BCUT2D eigenvalue weighted by Gasteiger charge is -2.11. The number of aryl methyl sites for hydroxylation is 1. The fraction of sp³-hybridized carbons (Fsp3) is 0.167. The summed E-state index contributed by atoms with van der Waals surface area (Å²) < 4.78 is 4.97. The number of hydrogen-bond donors (Lipinski definition) is 1. The number of aliphatic imine (C=N–C) groups is 1. The van der Waals surface area contributed by atoms with Gasteiger partial charge >= 0.3 is 5.97 Å². The number of esters is 1. The van der Waals surface area contributed by atoms with E-state index >= 15 is 0 Å². The van der Waals surface area contributed by atoms with Crippen LogP contribution in [0.2, 0.25) is 5.02 Å². The fourth-order valence-electron chi connectivity index (χ4n) is 2.47. The Morgan fingerprint density at radius 2 is 2.00 bits per heavy atom. The van der Waals surface area contributed by atoms with Gasteiger partial charge in [-0.15, -0.1) is 0 Å². The second-order valence-electron chi connectivity index (χ2n) is 5.44. The minimum Gasteiger partial charge on any atom is -0.460 e. The van der Waals surface area contributed by atoms with Crippen molar-refractivity contribution in [3.05, 3.63) is 64.2 Å². The molecular formula is C18H15ClN2O2. The van der Waals surface area contributed by atoms with Gasteiger partial charge in [-0.3, -0.25) is 10.4 Å². The van der Waals surface area contributed by atoms with Crippen LogP contribution in [0.25, 0.3) is 0 Å². The number of nitrogens with zero attached hydrogens (tertiary/aromatic N) is 1. The highest BCUT2D eigenvalue weighted by atomic mass is 35.5. The van der Waals surface area contributed by atoms with Gasteiger partial charge in [0.05, 0.1) is 11.6 Å². The first kappa shape index (κ1) is 15.4. The molecular weight excluding hydrogens is 312 g/mol.